The summed E-state index contributed by atoms with van der Waals surface area (Å²) in [6.07, 6.45) is 0. The number of carbonyl (C=O) groups is 2. The maximum atomic E-state index is 12.6. The van der Waals surface area contributed by atoms with Gasteiger partial charge in [0.2, 0.25) is 0 Å². The predicted octanol–water partition coefficient (Wildman–Crippen LogP) is 4.37. The molecule has 1 aliphatic heterocycles. The van der Waals surface area contributed by atoms with Crippen molar-refractivity contribution in [3.63, 3.8) is 0 Å². The number of aromatic nitrogens is 2. The Morgan fingerprint density at radius 2 is 1.91 bits per heavy atom. The van der Waals surface area contributed by atoms with E-state index in [-0.39, 0.29) is 46.0 Å². The molecule has 0 radical (unpaired) electrons. The van der Waals surface area contributed by atoms with Crippen molar-refractivity contribution in [2.24, 2.45) is 11.8 Å². The van der Waals surface area contributed by atoms with Gasteiger partial charge in [-0.05, 0) is 12.5 Å². The molecule has 8 nitrogen and oxygen atoms in total. The van der Waals surface area contributed by atoms with E-state index in [1.165, 1.54) is 0 Å². The van der Waals surface area contributed by atoms with Crippen molar-refractivity contribution in [2.75, 3.05) is 18.0 Å². The number of hydrogen-bond donors (Lipinski definition) is 3. The highest BCUT2D eigenvalue weighted by Crippen LogP contribution is 2.48. The van der Waals surface area contributed by atoms with E-state index in [1.54, 1.807) is 6.92 Å². The summed E-state index contributed by atoms with van der Waals surface area (Å²) < 4.78 is 5.72. The van der Waals surface area contributed by atoms with E-state index in [0.29, 0.717) is 41.2 Å². The fourth-order valence-electron chi connectivity index (χ4n) is 4.43. The lowest BCUT2D eigenvalue weighted by Crippen LogP contribution is -2.34. The van der Waals surface area contributed by atoms with Gasteiger partial charge >= 0.3 is 5.97 Å². The minimum absolute atomic E-state index is 0.0507. The van der Waals surface area contributed by atoms with Crippen LogP contribution in [0.1, 0.15) is 37.1 Å². The number of nitrogens with one attached hydrogen (secondary N) is 2. The molecule has 2 aromatic heterocycles. The summed E-state index contributed by atoms with van der Waals surface area (Å²) in [6.45, 7) is 3.67. The second kappa shape index (κ2) is 9.22. The van der Waals surface area contributed by atoms with E-state index in [0.717, 1.165) is 16.9 Å². The first-order valence-corrected chi connectivity index (χ1v) is 12.3. The van der Waals surface area contributed by atoms with Crippen molar-refractivity contribution in [3.8, 4) is 0 Å². The van der Waals surface area contributed by atoms with Gasteiger partial charge < -0.3 is 25.0 Å². The monoisotopic (exact) mass is 520 g/mol. The van der Waals surface area contributed by atoms with E-state index in [9.17, 15) is 14.7 Å². The number of halogens is 2. The van der Waals surface area contributed by atoms with Gasteiger partial charge in [-0.25, -0.2) is 9.78 Å². The number of aromatic amines is 1. The second-order valence-electron chi connectivity index (χ2n) is 8.54. The first kappa shape index (κ1) is 23.2. The number of carboxylic acids is 1. The van der Waals surface area contributed by atoms with Crippen molar-refractivity contribution in [1.29, 1.82) is 0 Å². The van der Waals surface area contributed by atoms with Gasteiger partial charge in [-0.2, -0.15) is 0 Å². The van der Waals surface area contributed by atoms with Crippen LogP contribution in [0.2, 0.25) is 10.0 Å². The minimum Gasteiger partial charge on any atom is -0.477 e. The molecule has 1 saturated heterocycles. The lowest BCUT2D eigenvalue weighted by atomic mass is 10.2. The van der Waals surface area contributed by atoms with Crippen LogP contribution in [0.4, 0.5) is 5.13 Å². The number of anilines is 1. The van der Waals surface area contributed by atoms with Gasteiger partial charge in [0.15, 0.2) is 5.13 Å². The van der Waals surface area contributed by atoms with Crippen LogP contribution in [-0.4, -0.2) is 46.1 Å². The van der Waals surface area contributed by atoms with Crippen LogP contribution < -0.4 is 10.2 Å². The number of nitrogens with zero attached hydrogens (tertiary/aromatic N) is 2. The van der Waals surface area contributed by atoms with Crippen LogP contribution >= 0.6 is 34.5 Å². The third-order valence-electron chi connectivity index (χ3n) is 6.27. The number of piperidine rings is 1. The summed E-state index contributed by atoms with van der Waals surface area (Å²) in [5.41, 5.74) is 2.38. The first-order valence-electron chi connectivity index (χ1n) is 10.8. The molecule has 1 aromatic carbocycles. The number of benzene rings is 1. The Morgan fingerprint density at radius 3 is 2.53 bits per heavy atom. The summed E-state index contributed by atoms with van der Waals surface area (Å²) in [5.74, 6) is -0.715. The third kappa shape index (κ3) is 4.40. The van der Waals surface area contributed by atoms with Gasteiger partial charge in [0.25, 0.3) is 5.91 Å². The molecule has 0 bridgehead atoms. The molecule has 1 saturated carbocycles. The average Bonchev–Trinajstić information content (AvgIpc) is 3.19. The fourth-order valence-corrected chi connectivity index (χ4v) is 5.77. The van der Waals surface area contributed by atoms with Gasteiger partial charge in [0.05, 0.1) is 29.0 Å². The average molecular weight is 521 g/mol. The highest BCUT2D eigenvalue weighted by atomic mass is 35.5. The molecular weight excluding hydrogens is 499 g/mol. The Hall–Kier alpha value is -2.59. The molecule has 178 valence electrons. The lowest BCUT2D eigenvalue weighted by Gasteiger charge is -2.19. The largest absolute Gasteiger partial charge is 0.477 e. The summed E-state index contributed by atoms with van der Waals surface area (Å²) in [4.78, 5) is 34.1. The van der Waals surface area contributed by atoms with Crippen LogP contribution in [-0.2, 0) is 18.0 Å². The van der Waals surface area contributed by atoms with E-state index >= 15 is 0 Å². The molecule has 5 rings (SSSR count). The number of ether oxygens (including phenoxy) is 1. The third-order valence-corrected chi connectivity index (χ3v) is 8.37. The van der Waals surface area contributed by atoms with Crippen LogP contribution in [0.25, 0.3) is 0 Å². The lowest BCUT2D eigenvalue weighted by molar-refractivity contribution is 0.0688. The van der Waals surface area contributed by atoms with Crippen molar-refractivity contribution >= 4 is 51.5 Å². The van der Waals surface area contributed by atoms with E-state index in [1.807, 2.05) is 30.3 Å². The Morgan fingerprint density at radius 1 is 1.21 bits per heavy atom. The minimum atomic E-state index is -1.01. The zero-order chi connectivity index (χ0) is 24.0. The van der Waals surface area contributed by atoms with E-state index in [4.69, 9.17) is 27.9 Å². The number of carbonyl (C=O) groups excluding carboxylic acids is 1. The van der Waals surface area contributed by atoms with Gasteiger partial charge in [0, 0.05) is 36.7 Å². The van der Waals surface area contributed by atoms with Crippen LogP contribution in [0, 0.1) is 18.8 Å². The summed E-state index contributed by atoms with van der Waals surface area (Å²) in [5, 5.41) is 13.9. The summed E-state index contributed by atoms with van der Waals surface area (Å²) in [7, 11) is 0. The van der Waals surface area contributed by atoms with Gasteiger partial charge in [-0.15, -0.1) is 0 Å². The summed E-state index contributed by atoms with van der Waals surface area (Å²) in [6, 6.07) is 9.75. The number of carboxylic acid groups (broad SMARTS) is 1. The fraction of sp³-hybridized carbons (Fsp3) is 0.348. The highest BCUT2D eigenvalue weighted by Gasteiger charge is 2.57. The summed E-state index contributed by atoms with van der Waals surface area (Å²) >= 11 is 13.4. The van der Waals surface area contributed by atoms with Crippen LogP contribution in [0.5, 0.6) is 0 Å². The number of aryl methyl sites for hydroxylation is 1. The predicted molar refractivity (Wildman–Crippen MR) is 130 cm³/mol. The molecule has 3 heterocycles. The maximum Gasteiger partial charge on any atom is 0.347 e. The molecule has 1 amide bonds. The Labute approximate surface area is 209 Å². The topological polar surface area (TPSA) is 108 Å². The standard InChI is InChI=1S/C23H22Cl2N4O4S/c1-11-16(24)17(25)19(26-11)21(30)28-18-13-7-29(8-14(13)18)23-27-15(20(34-23)22(31)32)10-33-9-12-5-3-2-4-6-12/h2-6,13-14,18,26H,7-10H2,1H3,(H,28,30)(H,31,32)/t13-,14+,18+. The number of thiazole rings is 1. The van der Waals surface area contributed by atoms with Crippen molar-refractivity contribution in [3.05, 3.63) is 67.9 Å². The molecular formula is C23H22Cl2N4O4S. The van der Waals surface area contributed by atoms with Gasteiger partial charge in [0.1, 0.15) is 10.6 Å². The quantitative estimate of drug-likeness (QED) is 0.407. The Balaban J connectivity index is 1.19. The van der Waals surface area contributed by atoms with E-state index < -0.39 is 5.97 Å². The molecule has 34 heavy (non-hydrogen) atoms. The number of aromatic carboxylic acids is 1. The van der Waals surface area contributed by atoms with Gasteiger partial charge in [-0.3, -0.25) is 4.79 Å². The van der Waals surface area contributed by atoms with Crippen molar-refractivity contribution in [1.82, 2.24) is 15.3 Å². The number of rotatable bonds is 8. The zero-order valence-corrected chi connectivity index (χ0v) is 20.5. The normalized spacial score (nSPS) is 20.9. The first-order chi connectivity index (χ1) is 16.3. The molecule has 3 N–H and O–H groups in total. The Bertz CT molecular complexity index is 1230. The van der Waals surface area contributed by atoms with Crippen molar-refractivity contribution < 1.29 is 19.4 Å². The molecule has 0 spiro atoms. The number of hydrogen-bond acceptors (Lipinski definition) is 6. The van der Waals surface area contributed by atoms with Crippen LogP contribution in [0.15, 0.2) is 30.3 Å². The zero-order valence-electron chi connectivity index (χ0n) is 18.2. The second-order valence-corrected chi connectivity index (χ2v) is 10.3. The maximum absolute atomic E-state index is 12.6. The highest BCUT2D eigenvalue weighted by molar-refractivity contribution is 7.17. The Kier molecular flexibility index (Phi) is 6.28. The number of H-pyrrole nitrogens is 1. The number of fused-ring (bicyclic) bond motifs is 1. The SMILES string of the molecule is Cc1[nH]c(C(=O)N[C@H]2[C@@H]3CN(c4nc(COCc5ccccc5)c(C(=O)O)s4)C[C@@H]32)c(Cl)c1Cl. The molecule has 2 aliphatic rings. The van der Waals surface area contributed by atoms with Gasteiger partial charge in [-0.1, -0.05) is 64.9 Å². The molecule has 3 atom stereocenters. The molecule has 2 fully saturated rings. The smallest absolute Gasteiger partial charge is 0.347 e. The molecule has 11 heteroatoms. The van der Waals surface area contributed by atoms with Crippen LogP contribution in [0.3, 0.4) is 0 Å². The molecule has 0 unspecified atom stereocenters. The molecule has 3 aromatic rings. The van der Waals surface area contributed by atoms with E-state index in [2.05, 4.69) is 20.2 Å². The number of amides is 1. The molecule has 1 aliphatic carbocycles. The van der Waals surface area contributed by atoms with Crippen molar-refractivity contribution in [2.45, 2.75) is 26.2 Å².